The number of rotatable bonds is 5. The average molecular weight is 460 g/mol. The molecule has 9 heteroatoms. The van der Waals surface area contributed by atoms with Crippen molar-refractivity contribution in [3.63, 3.8) is 0 Å². The summed E-state index contributed by atoms with van der Waals surface area (Å²) in [5.41, 5.74) is 0.775. The van der Waals surface area contributed by atoms with E-state index in [4.69, 9.17) is 11.6 Å². The van der Waals surface area contributed by atoms with Crippen LogP contribution in [0.5, 0.6) is 0 Å². The van der Waals surface area contributed by atoms with E-state index in [0.717, 1.165) is 14.7 Å². The third-order valence-corrected chi connectivity index (χ3v) is 6.78. The molecule has 0 atom stereocenters. The van der Waals surface area contributed by atoms with Gasteiger partial charge in [0.05, 0.1) is 20.9 Å². The number of amides is 1. The van der Waals surface area contributed by atoms with Crippen molar-refractivity contribution in [1.29, 1.82) is 0 Å². The first-order chi connectivity index (χ1) is 11.8. The number of anilines is 1. The number of carbonyl (C=O) groups is 1. The van der Waals surface area contributed by atoms with E-state index >= 15 is 0 Å². The summed E-state index contributed by atoms with van der Waals surface area (Å²) < 4.78 is 26.3. The number of hydrogen-bond donors (Lipinski definition) is 1. The van der Waals surface area contributed by atoms with Gasteiger partial charge < -0.3 is 5.32 Å². The van der Waals surface area contributed by atoms with Crippen LogP contribution in [0.1, 0.15) is 6.42 Å². The second kappa shape index (κ2) is 7.41. The van der Waals surface area contributed by atoms with Crippen molar-refractivity contribution in [2.45, 2.75) is 11.3 Å². The molecule has 0 radical (unpaired) electrons. The predicted molar refractivity (Wildman–Crippen MR) is 104 cm³/mol. The minimum absolute atomic E-state index is 0.148. The largest absolute Gasteiger partial charge is 0.302 e. The number of thiazole rings is 1. The molecule has 2 aromatic carbocycles. The van der Waals surface area contributed by atoms with E-state index in [1.165, 1.54) is 35.6 Å². The van der Waals surface area contributed by atoms with Crippen LogP contribution in [0.25, 0.3) is 10.2 Å². The summed E-state index contributed by atoms with van der Waals surface area (Å²) in [7, 11) is -3.54. The molecule has 5 nitrogen and oxygen atoms in total. The van der Waals surface area contributed by atoms with Crippen molar-refractivity contribution >= 4 is 70.0 Å². The average Bonchev–Trinajstić information content (AvgIpc) is 2.94. The molecule has 25 heavy (non-hydrogen) atoms. The van der Waals surface area contributed by atoms with Gasteiger partial charge in [-0.3, -0.25) is 4.79 Å². The molecule has 1 heterocycles. The summed E-state index contributed by atoms with van der Waals surface area (Å²) in [4.78, 5) is 16.5. The number of benzene rings is 2. The van der Waals surface area contributed by atoms with Gasteiger partial charge >= 0.3 is 0 Å². The Morgan fingerprint density at radius 3 is 2.64 bits per heavy atom. The van der Waals surface area contributed by atoms with Gasteiger partial charge in [-0.05, 0) is 42.5 Å². The predicted octanol–water partition coefficient (Wildman–Crippen LogP) is 4.51. The highest BCUT2D eigenvalue weighted by molar-refractivity contribution is 9.10. The van der Waals surface area contributed by atoms with E-state index in [1.807, 2.05) is 18.2 Å². The van der Waals surface area contributed by atoms with Crippen LogP contribution in [0.2, 0.25) is 5.02 Å². The van der Waals surface area contributed by atoms with Gasteiger partial charge in [0.1, 0.15) is 0 Å². The van der Waals surface area contributed by atoms with E-state index < -0.39 is 15.7 Å². The summed E-state index contributed by atoms with van der Waals surface area (Å²) in [6, 6.07) is 11.5. The highest BCUT2D eigenvalue weighted by Crippen LogP contribution is 2.28. The fraction of sp³-hybridized carbons (Fsp3) is 0.125. The lowest BCUT2D eigenvalue weighted by atomic mass is 10.3. The van der Waals surface area contributed by atoms with Crippen LogP contribution in [0.15, 0.2) is 51.8 Å². The van der Waals surface area contributed by atoms with Gasteiger partial charge in [-0.25, -0.2) is 13.4 Å². The molecule has 3 rings (SSSR count). The van der Waals surface area contributed by atoms with Crippen molar-refractivity contribution in [1.82, 2.24) is 4.98 Å². The lowest BCUT2D eigenvalue weighted by molar-refractivity contribution is -0.115. The topological polar surface area (TPSA) is 76.1 Å². The SMILES string of the molecule is O=C(CCS(=O)(=O)c1ccc(Cl)cc1)Nc1nc2ccc(Br)cc2s1. The molecule has 1 aromatic heterocycles. The maximum absolute atomic E-state index is 12.2. The highest BCUT2D eigenvalue weighted by Gasteiger charge is 2.17. The Balaban J connectivity index is 1.64. The smallest absolute Gasteiger partial charge is 0.227 e. The molecular formula is C16H12BrClN2O3S2. The minimum atomic E-state index is -3.54. The molecule has 0 bridgehead atoms. The zero-order valence-corrected chi connectivity index (χ0v) is 16.7. The fourth-order valence-electron chi connectivity index (χ4n) is 2.12. The summed E-state index contributed by atoms with van der Waals surface area (Å²) in [5, 5.41) is 3.56. The number of nitrogens with one attached hydrogen (secondary N) is 1. The highest BCUT2D eigenvalue weighted by atomic mass is 79.9. The van der Waals surface area contributed by atoms with Gasteiger partial charge in [0.15, 0.2) is 15.0 Å². The molecule has 0 aliphatic rings. The Morgan fingerprint density at radius 1 is 1.20 bits per heavy atom. The van der Waals surface area contributed by atoms with Crippen molar-refractivity contribution in [2.75, 3.05) is 11.1 Å². The molecule has 0 saturated heterocycles. The molecule has 0 spiro atoms. The number of carbonyl (C=O) groups excluding carboxylic acids is 1. The standard InChI is InChI=1S/C16H12BrClN2O3S2/c17-10-1-6-13-14(9-10)24-16(19-13)20-15(21)7-8-25(22,23)12-4-2-11(18)3-5-12/h1-6,9H,7-8H2,(H,19,20,21). The third-order valence-electron chi connectivity index (χ3n) is 3.37. The molecule has 3 aromatic rings. The van der Waals surface area contributed by atoms with E-state index in [2.05, 4.69) is 26.2 Å². The van der Waals surface area contributed by atoms with Gasteiger partial charge in [-0.2, -0.15) is 0 Å². The Labute approximate surface area is 162 Å². The zero-order chi connectivity index (χ0) is 18.0. The molecule has 1 amide bonds. The first kappa shape index (κ1) is 18.3. The lowest BCUT2D eigenvalue weighted by Gasteiger charge is -2.04. The maximum atomic E-state index is 12.2. The Hall–Kier alpha value is -1.48. The van der Waals surface area contributed by atoms with E-state index in [0.29, 0.717) is 10.2 Å². The summed E-state index contributed by atoms with van der Waals surface area (Å²) in [6.45, 7) is 0. The van der Waals surface area contributed by atoms with Crippen molar-refractivity contribution in [3.05, 3.63) is 52.0 Å². The Kier molecular flexibility index (Phi) is 5.43. The molecule has 0 fully saturated rings. The van der Waals surface area contributed by atoms with Crippen LogP contribution < -0.4 is 5.32 Å². The second-order valence-electron chi connectivity index (χ2n) is 5.20. The van der Waals surface area contributed by atoms with Gasteiger partial charge in [0, 0.05) is 15.9 Å². The van der Waals surface area contributed by atoms with Crippen LogP contribution >= 0.6 is 38.9 Å². The van der Waals surface area contributed by atoms with E-state index in [9.17, 15) is 13.2 Å². The normalized spacial score (nSPS) is 11.6. The van der Waals surface area contributed by atoms with Crippen molar-refractivity contribution in [3.8, 4) is 0 Å². The number of aromatic nitrogens is 1. The molecule has 0 aliphatic carbocycles. The van der Waals surface area contributed by atoms with Crippen molar-refractivity contribution < 1.29 is 13.2 Å². The molecular weight excluding hydrogens is 448 g/mol. The Bertz CT molecular complexity index is 1030. The Morgan fingerprint density at radius 2 is 1.92 bits per heavy atom. The summed E-state index contributed by atoms with van der Waals surface area (Å²) >= 11 is 10.5. The van der Waals surface area contributed by atoms with Gasteiger partial charge in [-0.1, -0.05) is 38.9 Å². The molecule has 130 valence electrons. The number of nitrogens with zero attached hydrogens (tertiary/aromatic N) is 1. The quantitative estimate of drug-likeness (QED) is 0.609. The summed E-state index contributed by atoms with van der Waals surface area (Å²) in [5.74, 6) is -0.674. The third kappa shape index (κ3) is 4.58. The molecule has 0 saturated carbocycles. The number of fused-ring (bicyclic) bond motifs is 1. The fourth-order valence-corrected chi connectivity index (χ4v) is 4.92. The first-order valence-corrected chi connectivity index (χ1v) is 10.8. The summed E-state index contributed by atoms with van der Waals surface area (Å²) in [6.07, 6.45) is -0.148. The van der Waals surface area contributed by atoms with E-state index in [1.54, 1.807) is 0 Å². The van der Waals surface area contributed by atoms with Crippen molar-refractivity contribution in [2.24, 2.45) is 0 Å². The number of hydrogen-bond acceptors (Lipinski definition) is 5. The van der Waals surface area contributed by atoms with Gasteiger partial charge in [0.25, 0.3) is 0 Å². The molecule has 0 unspecified atom stereocenters. The first-order valence-electron chi connectivity index (χ1n) is 7.18. The van der Waals surface area contributed by atoms with E-state index in [-0.39, 0.29) is 17.1 Å². The maximum Gasteiger partial charge on any atom is 0.227 e. The monoisotopic (exact) mass is 458 g/mol. The lowest BCUT2D eigenvalue weighted by Crippen LogP contribution is -2.17. The minimum Gasteiger partial charge on any atom is -0.302 e. The molecule has 0 aliphatic heterocycles. The van der Waals surface area contributed by atoms with Gasteiger partial charge in [0.2, 0.25) is 5.91 Å². The molecule has 1 N–H and O–H groups in total. The number of halogens is 2. The number of sulfone groups is 1. The van der Waals surface area contributed by atoms with Crippen LogP contribution in [0.4, 0.5) is 5.13 Å². The van der Waals surface area contributed by atoms with Crippen LogP contribution in [-0.2, 0) is 14.6 Å². The second-order valence-corrected chi connectivity index (χ2v) is 9.69. The van der Waals surface area contributed by atoms with Crippen LogP contribution in [0, 0.1) is 0 Å². The van der Waals surface area contributed by atoms with Crippen LogP contribution in [0.3, 0.4) is 0 Å². The zero-order valence-electron chi connectivity index (χ0n) is 12.7. The van der Waals surface area contributed by atoms with Gasteiger partial charge in [-0.15, -0.1) is 0 Å². The van der Waals surface area contributed by atoms with Crippen LogP contribution in [-0.4, -0.2) is 25.1 Å².